The minimum Gasteiger partial charge on any atom is -0.473 e. The number of aryl methyl sites for hydroxylation is 1. The van der Waals surface area contributed by atoms with Gasteiger partial charge in [-0.3, -0.25) is 0 Å². The average Bonchev–Trinajstić information content (AvgIpc) is 2.91. The van der Waals surface area contributed by atoms with Gasteiger partial charge in [-0.2, -0.15) is 4.37 Å². The third-order valence-corrected chi connectivity index (χ3v) is 3.82. The van der Waals surface area contributed by atoms with Gasteiger partial charge in [-0.15, -0.1) is 4.37 Å². The van der Waals surface area contributed by atoms with E-state index in [9.17, 15) is 5.11 Å². The number of benzene rings is 1. The molecule has 0 aliphatic heterocycles. The van der Waals surface area contributed by atoms with E-state index in [4.69, 9.17) is 4.74 Å². The molecule has 102 valence electrons. The van der Waals surface area contributed by atoms with Gasteiger partial charge in [0.25, 0.3) is 0 Å². The predicted molar refractivity (Wildman–Crippen MR) is 78.8 cm³/mol. The molecule has 1 heterocycles. The number of anilines is 1. The number of nitrogens with one attached hydrogen (secondary N) is 1. The Morgan fingerprint density at radius 2 is 2.37 bits per heavy atom. The number of halogens is 1. The number of aromatic nitrogens is 2. The van der Waals surface area contributed by atoms with Crippen molar-refractivity contribution in [3.8, 4) is 5.88 Å². The van der Waals surface area contributed by atoms with Gasteiger partial charge in [-0.05, 0) is 30.7 Å². The highest BCUT2D eigenvalue weighted by Crippen LogP contribution is 2.19. The second-order valence-electron chi connectivity index (χ2n) is 4.06. The Hall–Kier alpha value is -1.18. The molecule has 1 aromatic carbocycles. The topological polar surface area (TPSA) is 67.3 Å². The smallest absolute Gasteiger partial charge is 0.245 e. The molecule has 0 amide bonds. The average molecular weight is 344 g/mol. The number of hydrogen-bond acceptors (Lipinski definition) is 6. The van der Waals surface area contributed by atoms with E-state index < -0.39 is 6.10 Å². The van der Waals surface area contributed by atoms with Crippen molar-refractivity contribution in [2.45, 2.75) is 13.0 Å². The Balaban J connectivity index is 1.76. The summed E-state index contributed by atoms with van der Waals surface area (Å²) in [5.74, 6) is 0.448. The predicted octanol–water partition coefficient (Wildman–Crippen LogP) is 2.46. The van der Waals surface area contributed by atoms with E-state index in [1.54, 1.807) is 0 Å². The highest BCUT2D eigenvalue weighted by molar-refractivity contribution is 9.10. The molecule has 7 heteroatoms. The Morgan fingerprint density at radius 3 is 3.05 bits per heavy atom. The first-order valence-electron chi connectivity index (χ1n) is 5.73. The third-order valence-electron chi connectivity index (χ3n) is 2.46. The summed E-state index contributed by atoms with van der Waals surface area (Å²) in [5, 5.41) is 12.9. The molecule has 2 N–H and O–H groups in total. The first-order valence-corrected chi connectivity index (χ1v) is 7.26. The van der Waals surface area contributed by atoms with Gasteiger partial charge >= 0.3 is 0 Å². The van der Waals surface area contributed by atoms with Crippen LogP contribution in [0.25, 0.3) is 0 Å². The number of aliphatic hydroxyl groups excluding tert-OH is 1. The molecule has 0 spiro atoms. The Kier molecular flexibility index (Phi) is 5.12. The van der Waals surface area contributed by atoms with Gasteiger partial charge in [0.1, 0.15) is 18.9 Å². The molecular formula is C12H14BrN3O2S. The van der Waals surface area contributed by atoms with Crippen molar-refractivity contribution in [2.24, 2.45) is 0 Å². The van der Waals surface area contributed by atoms with E-state index in [1.807, 2.05) is 25.1 Å². The van der Waals surface area contributed by atoms with Crippen molar-refractivity contribution in [1.29, 1.82) is 0 Å². The molecule has 0 radical (unpaired) electrons. The maximum atomic E-state index is 9.79. The summed E-state index contributed by atoms with van der Waals surface area (Å²) in [6, 6.07) is 5.94. The van der Waals surface area contributed by atoms with Crippen LogP contribution < -0.4 is 10.1 Å². The SMILES string of the molecule is Cc1cc(NCC(O)COc2cnsn2)ccc1Br. The van der Waals surface area contributed by atoms with Crippen LogP contribution in [0.3, 0.4) is 0 Å². The number of aliphatic hydroxyl groups is 1. The van der Waals surface area contributed by atoms with Crippen LogP contribution in [-0.4, -0.2) is 33.1 Å². The fourth-order valence-corrected chi connectivity index (χ4v) is 2.06. The molecule has 0 aliphatic rings. The van der Waals surface area contributed by atoms with E-state index in [-0.39, 0.29) is 6.61 Å². The van der Waals surface area contributed by atoms with E-state index in [0.29, 0.717) is 12.4 Å². The number of nitrogens with zero attached hydrogens (tertiary/aromatic N) is 2. The van der Waals surface area contributed by atoms with Crippen LogP contribution in [0.1, 0.15) is 5.56 Å². The molecule has 1 unspecified atom stereocenters. The number of rotatable bonds is 6. The maximum Gasteiger partial charge on any atom is 0.245 e. The summed E-state index contributed by atoms with van der Waals surface area (Å²) in [7, 11) is 0. The fourth-order valence-electron chi connectivity index (χ4n) is 1.45. The molecule has 0 aliphatic carbocycles. The lowest BCUT2D eigenvalue weighted by atomic mass is 10.2. The summed E-state index contributed by atoms with van der Waals surface area (Å²) >= 11 is 4.52. The maximum absolute atomic E-state index is 9.79. The zero-order valence-corrected chi connectivity index (χ0v) is 12.7. The highest BCUT2D eigenvalue weighted by atomic mass is 79.9. The molecule has 2 aromatic rings. The molecule has 1 atom stereocenters. The third kappa shape index (κ3) is 4.45. The molecule has 2 rings (SSSR count). The Labute approximate surface area is 124 Å². The molecule has 0 saturated heterocycles. The van der Waals surface area contributed by atoms with E-state index in [2.05, 4.69) is 30.0 Å². The number of hydrogen-bond donors (Lipinski definition) is 2. The van der Waals surface area contributed by atoms with Gasteiger partial charge < -0.3 is 15.2 Å². The molecular weight excluding hydrogens is 330 g/mol. The van der Waals surface area contributed by atoms with Crippen molar-refractivity contribution in [2.75, 3.05) is 18.5 Å². The van der Waals surface area contributed by atoms with Crippen LogP contribution >= 0.6 is 27.7 Å². The van der Waals surface area contributed by atoms with Gasteiger partial charge in [0.2, 0.25) is 5.88 Å². The monoisotopic (exact) mass is 343 g/mol. The molecule has 5 nitrogen and oxygen atoms in total. The molecule has 1 aromatic heterocycles. The zero-order chi connectivity index (χ0) is 13.7. The second-order valence-corrected chi connectivity index (χ2v) is 5.47. The van der Waals surface area contributed by atoms with Crippen molar-refractivity contribution in [3.05, 3.63) is 34.4 Å². The van der Waals surface area contributed by atoms with Crippen molar-refractivity contribution >= 4 is 33.3 Å². The van der Waals surface area contributed by atoms with E-state index >= 15 is 0 Å². The Bertz CT molecular complexity index is 522. The Morgan fingerprint density at radius 1 is 1.53 bits per heavy atom. The zero-order valence-electron chi connectivity index (χ0n) is 10.3. The summed E-state index contributed by atoms with van der Waals surface area (Å²) in [4.78, 5) is 0. The van der Waals surface area contributed by atoms with Gasteiger partial charge in [-0.25, -0.2) is 0 Å². The van der Waals surface area contributed by atoms with Gasteiger partial charge in [0.05, 0.1) is 11.7 Å². The quantitative estimate of drug-likeness (QED) is 0.843. The molecule has 19 heavy (non-hydrogen) atoms. The first-order chi connectivity index (χ1) is 9.15. The standard InChI is InChI=1S/C12H14BrN3O2S/c1-8-4-9(2-3-11(8)13)14-5-10(17)7-18-12-6-15-19-16-12/h2-4,6,10,14,17H,5,7H2,1H3. The summed E-state index contributed by atoms with van der Waals surface area (Å²) in [6.07, 6.45) is 0.925. The largest absolute Gasteiger partial charge is 0.473 e. The van der Waals surface area contributed by atoms with Crippen LogP contribution in [0, 0.1) is 6.92 Å². The molecule has 0 saturated carbocycles. The summed E-state index contributed by atoms with van der Waals surface area (Å²) in [5.41, 5.74) is 2.11. The van der Waals surface area contributed by atoms with Crippen LogP contribution in [0.2, 0.25) is 0 Å². The minimum atomic E-state index is -0.606. The minimum absolute atomic E-state index is 0.188. The van der Waals surface area contributed by atoms with Gasteiger partial charge in [0.15, 0.2) is 0 Å². The van der Waals surface area contributed by atoms with Gasteiger partial charge in [0, 0.05) is 16.7 Å². The van der Waals surface area contributed by atoms with Gasteiger partial charge in [-0.1, -0.05) is 15.9 Å². The van der Waals surface area contributed by atoms with Crippen LogP contribution in [0.5, 0.6) is 5.88 Å². The lowest BCUT2D eigenvalue weighted by Crippen LogP contribution is -2.26. The van der Waals surface area contributed by atoms with Crippen LogP contribution in [0.4, 0.5) is 5.69 Å². The van der Waals surface area contributed by atoms with Crippen molar-refractivity contribution in [1.82, 2.24) is 8.75 Å². The van der Waals surface area contributed by atoms with E-state index in [0.717, 1.165) is 27.5 Å². The number of ether oxygens (including phenoxy) is 1. The van der Waals surface area contributed by atoms with Crippen LogP contribution in [0.15, 0.2) is 28.9 Å². The van der Waals surface area contributed by atoms with Crippen molar-refractivity contribution in [3.63, 3.8) is 0 Å². The normalized spacial score (nSPS) is 12.2. The lowest BCUT2D eigenvalue weighted by molar-refractivity contribution is 0.115. The molecule has 0 fully saturated rings. The van der Waals surface area contributed by atoms with Crippen molar-refractivity contribution < 1.29 is 9.84 Å². The van der Waals surface area contributed by atoms with Crippen LogP contribution in [-0.2, 0) is 0 Å². The lowest BCUT2D eigenvalue weighted by Gasteiger charge is -2.13. The molecule has 0 bridgehead atoms. The van der Waals surface area contributed by atoms with E-state index in [1.165, 1.54) is 6.20 Å². The summed E-state index contributed by atoms with van der Waals surface area (Å²) < 4.78 is 14.1. The fraction of sp³-hybridized carbons (Fsp3) is 0.333. The highest BCUT2D eigenvalue weighted by Gasteiger charge is 2.07. The first kappa shape index (κ1) is 14.2. The summed E-state index contributed by atoms with van der Waals surface area (Å²) in [6.45, 7) is 2.62. The second kappa shape index (κ2) is 6.83.